The highest BCUT2D eigenvalue weighted by Gasteiger charge is 2.14. The number of carboxylic acids is 1. The van der Waals surface area contributed by atoms with Crippen molar-refractivity contribution >= 4 is 23.4 Å². The van der Waals surface area contributed by atoms with Gasteiger partial charge in [-0.3, -0.25) is 0 Å². The van der Waals surface area contributed by atoms with E-state index in [2.05, 4.69) is 15.5 Å². The molecule has 3 N–H and O–H groups in total. The maximum absolute atomic E-state index is 11.1. The second-order valence-corrected chi connectivity index (χ2v) is 4.26. The number of nitrogens with zero attached hydrogens (tertiary/aromatic N) is 4. The molecule has 0 radical (unpaired) electrons. The molecule has 1 aromatic carbocycles. The highest BCUT2D eigenvalue weighted by Crippen LogP contribution is 2.29. The van der Waals surface area contributed by atoms with Crippen molar-refractivity contribution in [2.75, 3.05) is 5.73 Å². The minimum absolute atomic E-state index is 0.137. The number of carboxylic acid groups (broad SMARTS) is 1. The van der Waals surface area contributed by atoms with E-state index in [1.54, 1.807) is 19.2 Å². The van der Waals surface area contributed by atoms with E-state index in [9.17, 15) is 4.79 Å². The molecular formula is C9H9N5O2S. The Labute approximate surface area is 101 Å². The van der Waals surface area contributed by atoms with Crippen LogP contribution in [0.3, 0.4) is 0 Å². The summed E-state index contributed by atoms with van der Waals surface area (Å²) in [6.07, 6.45) is 0. The number of anilines is 1. The number of hydrogen-bond donors (Lipinski definition) is 2. The molecule has 0 aliphatic carbocycles. The molecule has 0 saturated carbocycles. The Bertz CT molecular complexity index is 568. The van der Waals surface area contributed by atoms with Gasteiger partial charge in [-0.05, 0) is 40.4 Å². The van der Waals surface area contributed by atoms with Gasteiger partial charge in [0.15, 0.2) is 0 Å². The van der Waals surface area contributed by atoms with Gasteiger partial charge in [0, 0.05) is 17.6 Å². The van der Waals surface area contributed by atoms with E-state index in [1.165, 1.54) is 22.5 Å². The quantitative estimate of drug-likeness (QED) is 0.771. The molecule has 0 atom stereocenters. The van der Waals surface area contributed by atoms with Crippen LogP contribution >= 0.6 is 11.8 Å². The lowest BCUT2D eigenvalue weighted by Gasteiger charge is -2.05. The summed E-state index contributed by atoms with van der Waals surface area (Å²) in [6.45, 7) is 0. The molecule has 0 saturated heterocycles. The molecule has 0 bridgehead atoms. The monoisotopic (exact) mass is 251 g/mol. The molecule has 0 unspecified atom stereocenters. The van der Waals surface area contributed by atoms with Crippen LogP contribution in [0.2, 0.25) is 0 Å². The Morgan fingerprint density at radius 1 is 1.53 bits per heavy atom. The Balaban J connectivity index is 2.39. The molecular weight excluding hydrogens is 242 g/mol. The first-order chi connectivity index (χ1) is 8.08. The Hall–Kier alpha value is -2.09. The van der Waals surface area contributed by atoms with Crippen molar-refractivity contribution in [2.24, 2.45) is 7.05 Å². The zero-order chi connectivity index (χ0) is 12.4. The van der Waals surface area contributed by atoms with Crippen LogP contribution in [0.4, 0.5) is 5.69 Å². The zero-order valence-corrected chi connectivity index (χ0v) is 9.68. The second-order valence-electron chi connectivity index (χ2n) is 3.25. The summed E-state index contributed by atoms with van der Waals surface area (Å²) in [6, 6.07) is 4.69. The van der Waals surface area contributed by atoms with E-state index in [4.69, 9.17) is 10.8 Å². The van der Waals surface area contributed by atoms with Crippen molar-refractivity contribution in [3.8, 4) is 0 Å². The fraction of sp³-hybridized carbons (Fsp3) is 0.111. The largest absolute Gasteiger partial charge is 0.478 e. The van der Waals surface area contributed by atoms with E-state index in [-0.39, 0.29) is 5.56 Å². The molecule has 0 fully saturated rings. The fourth-order valence-electron chi connectivity index (χ4n) is 1.21. The topological polar surface area (TPSA) is 107 Å². The summed E-state index contributed by atoms with van der Waals surface area (Å²) in [7, 11) is 1.68. The molecule has 1 heterocycles. The van der Waals surface area contributed by atoms with E-state index >= 15 is 0 Å². The normalized spacial score (nSPS) is 10.4. The number of rotatable bonds is 3. The van der Waals surface area contributed by atoms with Crippen LogP contribution in [0, 0.1) is 0 Å². The van der Waals surface area contributed by atoms with E-state index in [1.807, 2.05) is 0 Å². The smallest absolute Gasteiger partial charge is 0.336 e. The Morgan fingerprint density at radius 2 is 2.29 bits per heavy atom. The van der Waals surface area contributed by atoms with Gasteiger partial charge >= 0.3 is 5.97 Å². The number of aryl methyl sites for hydroxylation is 1. The van der Waals surface area contributed by atoms with Crippen molar-refractivity contribution in [2.45, 2.75) is 10.1 Å². The van der Waals surface area contributed by atoms with Gasteiger partial charge in [0.1, 0.15) is 0 Å². The van der Waals surface area contributed by atoms with Crippen LogP contribution in [0.5, 0.6) is 0 Å². The number of benzene rings is 1. The SMILES string of the molecule is Cn1nnnc1Sc1ccc(N)cc1C(=O)O. The number of carbonyl (C=O) groups is 1. The van der Waals surface area contributed by atoms with Crippen LogP contribution < -0.4 is 5.73 Å². The number of aromatic nitrogens is 4. The van der Waals surface area contributed by atoms with Crippen LogP contribution in [0.15, 0.2) is 28.3 Å². The average Bonchev–Trinajstić information content (AvgIpc) is 2.67. The molecule has 0 aliphatic rings. The second kappa shape index (κ2) is 4.42. The summed E-state index contributed by atoms with van der Waals surface area (Å²) in [4.78, 5) is 11.6. The van der Waals surface area contributed by atoms with Crippen LogP contribution in [-0.4, -0.2) is 31.3 Å². The van der Waals surface area contributed by atoms with Crippen molar-refractivity contribution < 1.29 is 9.90 Å². The first kappa shape index (κ1) is 11.4. The number of nitrogen functional groups attached to an aromatic ring is 1. The van der Waals surface area contributed by atoms with Gasteiger partial charge < -0.3 is 10.8 Å². The van der Waals surface area contributed by atoms with Crippen molar-refractivity contribution in [1.82, 2.24) is 20.2 Å². The molecule has 1 aromatic heterocycles. The minimum atomic E-state index is -1.03. The number of aromatic carboxylic acids is 1. The lowest BCUT2D eigenvalue weighted by Crippen LogP contribution is -2.01. The van der Waals surface area contributed by atoms with Crippen molar-refractivity contribution in [3.63, 3.8) is 0 Å². The first-order valence-corrected chi connectivity index (χ1v) is 5.42. The molecule has 8 heteroatoms. The molecule has 0 aliphatic heterocycles. The molecule has 2 rings (SSSR count). The van der Waals surface area contributed by atoms with Gasteiger partial charge in [-0.2, -0.15) is 0 Å². The Kier molecular flexibility index (Phi) is 2.96. The molecule has 17 heavy (non-hydrogen) atoms. The molecule has 0 spiro atoms. The number of tetrazole rings is 1. The maximum Gasteiger partial charge on any atom is 0.336 e. The number of hydrogen-bond acceptors (Lipinski definition) is 6. The first-order valence-electron chi connectivity index (χ1n) is 4.61. The minimum Gasteiger partial charge on any atom is -0.478 e. The van der Waals surface area contributed by atoms with E-state index in [0.29, 0.717) is 15.7 Å². The standard InChI is InChI=1S/C9H9N5O2S/c1-14-9(11-12-13-14)17-7-3-2-5(10)4-6(7)8(15)16/h2-4H,10H2,1H3,(H,15,16). The zero-order valence-electron chi connectivity index (χ0n) is 8.86. The predicted octanol–water partition coefficient (Wildman–Crippen LogP) is 0.642. The summed E-state index contributed by atoms with van der Waals surface area (Å²) in [5.74, 6) is -1.03. The molecule has 7 nitrogen and oxygen atoms in total. The third-order valence-electron chi connectivity index (χ3n) is 2.02. The predicted molar refractivity (Wildman–Crippen MR) is 60.7 cm³/mol. The van der Waals surface area contributed by atoms with Crippen molar-refractivity contribution in [3.05, 3.63) is 23.8 Å². The summed E-state index contributed by atoms with van der Waals surface area (Å²) >= 11 is 1.17. The van der Waals surface area contributed by atoms with Gasteiger partial charge in [0.25, 0.3) is 0 Å². The van der Waals surface area contributed by atoms with E-state index in [0.717, 1.165) is 0 Å². The lowest BCUT2D eigenvalue weighted by molar-refractivity contribution is 0.0693. The van der Waals surface area contributed by atoms with Crippen LogP contribution in [0.1, 0.15) is 10.4 Å². The summed E-state index contributed by atoms with van der Waals surface area (Å²) in [5.41, 5.74) is 6.09. The molecule has 2 aromatic rings. The highest BCUT2D eigenvalue weighted by atomic mass is 32.2. The van der Waals surface area contributed by atoms with Gasteiger partial charge in [0.2, 0.25) is 5.16 Å². The Morgan fingerprint density at radius 3 is 2.88 bits per heavy atom. The van der Waals surface area contributed by atoms with Gasteiger partial charge in [-0.15, -0.1) is 5.10 Å². The number of nitrogens with two attached hydrogens (primary N) is 1. The third kappa shape index (κ3) is 2.36. The van der Waals surface area contributed by atoms with Gasteiger partial charge in [0.05, 0.1) is 5.56 Å². The maximum atomic E-state index is 11.1. The fourth-order valence-corrected chi connectivity index (χ4v) is 2.04. The molecule has 0 amide bonds. The van der Waals surface area contributed by atoms with Gasteiger partial charge in [-0.25, -0.2) is 9.48 Å². The van der Waals surface area contributed by atoms with Crippen molar-refractivity contribution in [1.29, 1.82) is 0 Å². The lowest BCUT2D eigenvalue weighted by atomic mass is 10.2. The van der Waals surface area contributed by atoms with Crippen LogP contribution in [-0.2, 0) is 7.05 Å². The molecule has 88 valence electrons. The highest BCUT2D eigenvalue weighted by molar-refractivity contribution is 7.99. The average molecular weight is 251 g/mol. The van der Waals surface area contributed by atoms with Crippen LogP contribution in [0.25, 0.3) is 0 Å². The summed E-state index contributed by atoms with van der Waals surface area (Å²) < 4.78 is 1.46. The van der Waals surface area contributed by atoms with E-state index < -0.39 is 5.97 Å². The third-order valence-corrected chi connectivity index (χ3v) is 3.12. The van der Waals surface area contributed by atoms with Gasteiger partial charge in [-0.1, -0.05) is 0 Å². The summed E-state index contributed by atoms with van der Waals surface area (Å²) in [5, 5.41) is 20.5.